The molecule has 0 aromatic heterocycles. The first-order valence-electron chi connectivity index (χ1n) is 9.44. The van der Waals surface area contributed by atoms with E-state index < -0.39 is 0 Å². The summed E-state index contributed by atoms with van der Waals surface area (Å²) in [6, 6.07) is 0.434. The number of amides is 1. The summed E-state index contributed by atoms with van der Waals surface area (Å²) in [4.78, 5) is 15.8. The van der Waals surface area contributed by atoms with Crippen LogP contribution < -0.4 is 16.0 Å². The average Bonchev–Trinajstić information content (AvgIpc) is 3.41. The van der Waals surface area contributed by atoms with Crippen molar-refractivity contribution in [2.24, 2.45) is 16.8 Å². The molecule has 2 rings (SSSR count). The summed E-state index contributed by atoms with van der Waals surface area (Å²) in [5.74, 6) is 2.25. The van der Waals surface area contributed by atoms with Crippen LogP contribution >= 0.6 is 0 Å². The molecule has 0 spiro atoms. The van der Waals surface area contributed by atoms with E-state index in [1.165, 1.54) is 44.9 Å². The predicted octanol–water partition coefficient (Wildman–Crippen LogP) is 2.43. The molecule has 2 aliphatic rings. The molecule has 2 saturated carbocycles. The van der Waals surface area contributed by atoms with E-state index in [4.69, 9.17) is 0 Å². The zero-order valence-corrected chi connectivity index (χ0v) is 14.9. The van der Waals surface area contributed by atoms with Gasteiger partial charge >= 0.3 is 0 Å². The minimum atomic E-state index is 0.204. The number of hydrogen-bond donors (Lipinski definition) is 3. The smallest absolute Gasteiger partial charge is 0.223 e. The normalized spacial score (nSPS) is 20.9. The number of guanidine groups is 1. The van der Waals surface area contributed by atoms with Crippen LogP contribution in [0.4, 0.5) is 0 Å². The molecule has 0 saturated heterocycles. The lowest BCUT2D eigenvalue weighted by Crippen LogP contribution is -2.45. The van der Waals surface area contributed by atoms with E-state index in [0.29, 0.717) is 19.1 Å². The SMILES string of the molecule is CN=C(NCCNC(=O)C1CC1)NC(C)CCC1CCCCC1. The van der Waals surface area contributed by atoms with Crippen LogP contribution in [0.5, 0.6) is 0 Å². The van der Waals surface area contributed by atoms with Crippen LogP contribution in [0.15, 0.2) is 4.99 Å². The Balaban J connectivity index is 1.54. The Morgan fingerprint density at radius 3 is 2.43 bits per heavy atom. The summed E-state index contributed by atoms with van der Waals surface area (Å²) in [6.07, 6.45) is 11.7. The molecule has 0 bridgehead atoms. The lowest BCUT2D eigenvalue weighted by atomic mass is 9.85. The number of hydrogen-bond acceptors (Lipinski definition) is 2. The number of nitrogens with zero attached hydrogens (tertiary/aromatic N) is 1. The maximum Gasteiger partial charge on any atom is 0.223 e. The summed E-state index contributed by atoms with van der Waals surface area (Å²) in [7, 11) is 1.80. The number of carbonyl (C=O) groups excluding carboxylic acids is 1. The minimum Gasteiger partial charge on any atom is -0.355 e. The molecule has 5 nitrogen and oxygen atoms in total. The molecule has 23 heavy (non-hydrogen) atoms. The first-order valence-corrected chi connectivity index (χ1v) is 9.44. The van der Waals surface area contributed by atoms with E-state index >= 15 is 0 Å². The molecule has 1 atom stereocenters. The Hall–Kier alpha value is -1.26. The number of rotatable bonds is 8. The van der Waals surface area contributed by atoms with Crippen molar-refractivity contribution in [1.82, 2.24) is 16.0 Å². The topological polar surface area (TPSA) is 65.5 Å². The van der Waals surface area contributed by atoms with Crippen molar-refractivity contribution in [2.75, 3.05) is 20.1 Å². The van der Waals surface area contributed by atoms with Crippen molar-refractivity contribution in [1.29, 1.82) is 0 Å². The van der Waals surface area contributed by atoms with Gasteiger partial charge in [0.1, 0.15) is 0 Å². The van der Waals surface area contributed by atoms with Crippen LogP contribution in [0.25, 0.3) is 0 Å². The molecule has 5 heteroatoms. The van der Waals surface area contributed by atoms with E-state index in [9.17, 15) is 4.79 Å². The molecule has 2 fully saturated rings. The molecule has 0 aromatic carbocycles. The zero-order chi connectivity index (χ0) is 16.5. The highest BCUT2D eigenvalue weighted by molar-refractivity contribution is 5.81. The molecule has 132 valence electrons. The Morgan fingerprint density at radius 2 is 1.78 bits per heavy atom. The van der Waals surface area contributed by atoms with Crippen molar-refractivity contribution >= 4 is 11.9 Å². The molecule has 0 aromatic rings. The monoisotopic (exact) mass is 322 g/mol. The second kappa shape index (κ2) is 9.78. The van der Waals surface area contributed by atoms with Gasteiger partial charge in [0.25, 0.3) is 0 Å². The third kappa shape index (κ3) is 7.23. The standard InChI is InChI=1S/C18H34N4O/c1-14(8-9-15-6-4-3-5-7-15)22-18(19-2)21-13-12-20-17(23)16-10-11-16/h14-16H,3-13H2,1-2H3,(H,20,23)(H2,19,21,22). The van der Waals surface area contributed by atoms with Gasteiger partial charge in [0.05, 0.1) is 0 Å². The van der Waals surface area contributed by atoms with Gasteiger partial charge in [-0.1, -0.05) is 32.1 Å². The van der Waals surface area contributed by atoms with Crippen molar-refractivity contribution in [3.63, 3.8) is 0 Å². The van der Waals surface area contributed by atoms with Crippen LogP contribution in [-0.2, 0) is 4.79 Å². The quantitative estimate of drug-likeness (QED) is 0.365. The largest absolute Gasteiger partial charge is 0.355 e. The van der Waals surface area contributed by atoms with E-state index in [1.54, 1.807) is 7.05 Å². The number of aliphatic imine (C=N–C) groups is 1. The fourth-order valence-electron chi connectivity index (χ4n) is 3.32. The van der Waals surface area contributed by atoms with Crippen molar-refractivity contribution in [2.45, 2.75) is 70.8 Å². The highest BCUT2D eigenvalue weighted by Crippen LogP contribution is 2.28. The predicted molar refractivity (Wildman–Crippen MR) is 95.5 cm³/mol. The molecule has 0 radical (unpaired) electrons. The van der Waals surface area contributed by atoms with Gasteiger partial charge in [0.15, 0.2) is 5.96 Å². The third-order valence-corrected chi connectivity index (χ3v) is 5.00. The number of carbonyl (C=O) groups is 1. The second-order valence-corrected chi connectivity index (χ2v) is 7.19. The number of nitrogens with one attached hydrogen (secondary N) is 3. The Kier molecular flexibility index (Phi) is 7.69. The zero-order valence-electron chi connectivity index (χ0n) is 14.9. The van der Waals surface area contributed by atoms with E-state index in [-0.39, 0.29) is 11.8 Å². The van der Waals surface area contributed by atoms with Gasteiger partial charge in [-0.05, 0) is 38.5 Å². The highest BCUT2D eigenvalue weighted by Gasteiger charge is 2.28. The van der Waals surface area contributed by atoms with E-state index in [2.05, 4.69) is 27.9 Å². The van der Waals surface area contributed by atoms with Crippen LogP contribution in [0.2, 0.25) is 0 Å². The molecule has 0 aliphatic heterocycles. The summed E-state index contributed by atoms with van der Waals surface area (Å²) in [5.41, 5.74) is 0. The lowest BCUT2D eigenvalue weighted by Gasteiger charge is -2.24. The van der Waals surface area contributed by atoms with Gasteiger partial charge in [-0.2, -0.15) is 0 Å². The van der Waals surface area contributed by atoms with E-state index in [1.807, 2.05) is 0 Å². The van der Waals surface area contributed by atoms with Crippen LogP contribution in [0, 0.1) is 11.8 Å². The average molecular weight is 322 g/mol. The molecule has 1 amide bonds. The first-order chi connectivity index (χ1) is 11.2. The van der Waals surface area contributed by atoms with Crippen molar-refractivity contribution in [3.05, 3.63) is 0 Å². The summed E-state index contributed by atoms with van der Waals surface area (Å²) >= 11 is 0. The molecule has 1 unspecified atom stereocenters. The molecule has 2 aliphatic carbocycles. The minimum absolute atomic E-state index is 0.204. The maximum absolute atomic E-state index is 11.5. The second-order valence-electron chi connectivity index (χ2n) is 7.19. The van der Waals surface area contributed by atoms with Crippen molar-refractivity contribution in [3.8, 4) is 0 Å². The Morgan fingerprint density at radius 1 is 1.09 bits per heavy atom. The van der Waals surface area contributed by atoms with Crippen LogP contribution in [-0.4, -0.2) is 38.0 Å². The molecule has 0 heterocycles. The molecular formula is C18H34N4O. The van der Waals surface area contributed by atoms with Gasteiger partial charge in [0, 0.05) is 32.1 Å². The van der Waals surface area contributed by atoms with Gasteiger partial charge in [0.2, 0.25) is 5.91 Å². The Bertz CT molecular complexity index is 386. The van der Waals surface area contributed by atoms with Gasteiger partial charge < -0.3 is 16.0 Å². The summed E-state index contributed by atoms with van der Waals surface area (Å²) in [5, 5.41) is 9.69. The maximum atomic E-state index is 11.5. The first kappa shape index (κ1) is 18.1. The lowest BCUT2D eigenvalue weighted by molar-refractivity contribution is -0.122. The molecular weight excluding hydrogens is 288 g/mol. The van der Waals surface area contributed by atoms with Gasteiger partial charge in [-0.3, -0.25) is 9.79 Å². The summed E-state index contributed by atoms with van der Waals surface area (Å²) in [6.45, 7) is 3.60. The molecule has 3 N–H and O–H groups in total. The van der Waals surface area contributed by atoms with Gasteiger partial charge in [-0.25, -0.2) is 0 Å². The van der Waals surface area contributed by atoms with Crippen molar-refractivity contribution < 1.29 is 4.79 Å². The van der Waals surface area contributed by atoms with Gasteiger partial charge in [-0.15, -0.1) is 0 Å². The van der Waals surface area contributed by atoms with E-state index in [0.717, 1.165) is 24.7 Å². The Labute approximate surface area is 141 Å². The van der Waals surface area contributed by atoms with Crippen LogP contribution in [0.3, 0.4) is 0 Å². The highest BCUT2D eigenvalue weighted by atomic mass is 16.2. The fourth-order valence-corrected chi connectivity index (χ4v) is 3.32. The fraction of sp³-hybridized carbons (Fsp3) is 0.889. The summed E-state index contributed by atoms with van der Waals surface area (Å²) < 4.78 is 0. The third-order valence-electron chi connectivity index (χ3n) is 5.00. The van der Waals surface area contributed by atoms with Crippen LogP contribution in [0.1, 0.15) is 64.7 Å².